The van der Waals surface area contributed by atoms with Gasteiger partial charge in [-0.15, -0.1) is 0 Å². The van der Waals surface area contributed by atoms with Gasteiger partial charge in [0, 0.05) is 17.1 Å². The summed E-state index contributed by atoms with van der Waals surface area (Å²) >= 11 is 0. The monoisotopic (exact) mass is 259 g/mol. The number of carboxylic acids is 1. The van der Waals surface area contributed by atoms with E-state index in [4.69, 9.17) is 9.84 Å². The Morgan fingerprint density at radius 1 is 1.53 bits per heavy atom. The molecule has 4 heteroatoms. The van der Waals surface area contributed by atoms with Crippen molar-refractivity contribution >= 4 is 16.9 Å². The average Bonchev–Trinajstić information content (AvgIpc) is 3.15. The number of hydrogen-bond acceptors (Lipinski definition) is 2. The van der Waals surface area contributed by atoms with E-state index in [0.29, 0.717) is 5.92 Å². The number of rotatable bonds is 5. The van der Waals surface area contributed by atoms with Crippen LogP contribution >= 0.6 is 0 Å². The highest BCUT2D eigenvalue weighted by atomic mass is 16.5. The summed E-state index contributed by atoms with van der Waals surface area (Å²) < 4.78 is 5.25. The van der Waals surface area contributed by atoms with Crippen molar-refractivity contribution in [2.75, 3.05) is 7.11 Å². The van der Waals surface area contributed by atoms with Gasteiger partial charge in [-0.3, -0.25) is 4.79 Å². The summed E-state index contributed by atoms with van der Waals surface area (Å²) in [6.07, 6.45) is 4.42. The largest absolute Gasteiger partial charge is 0.497 e. The van der Waals surface area contributed by atoms with E-state index in [-0.39, 0.29) is 12.3 Å². The van der Waals surface area contributed by atoms with Crippen LogP contribution in [0.25, 0.3) is 10.9 Å². The van der Waals surface area contributed by atoms with Crippen molar-refractivity contribution < 1.29 is 14.6 Å². The van der Waals surface area contributed by atoms with E-state index in [1.807, 2.05) is 24.4 Å². The van der Waals surface area contributed by atoms with Crippen LogP contribution in [-0.2, 0) is 4.79 Å². The molecule has 1 fully saturated rings. The molecule has 1 saturated carbocycles. The van der Waals surface area contributed by atoms with Crippen LogP contribution in [0.1, 0.15) is 30.7 Å². The molecule has 2 N–H and O–H groups in total. The summed E-state index contributed by atoms with van der Waals surface area (Å²) in [5.74, 6) is 0.701. The van der Waals surface area contributed by atoms with Crippen LogP contribution in [0.5, 0.6) is 5.75 Å². The molecule has 4 nitrogen and oxygen atoms in total. The minimum Gasteiger partial charge on any atom is -0.497 e. The Morgan fingerprint density at radius 3 is 2.95 bits per heavy atom. The molecule has 3 rings (SSSR count). The summed E-state index contributed by atoms with van der Waals surface area (Å²) in [6, 6.07) is 5.87. The van der Waals surface area contributed by atoms with Crippen LogP contribution in [0.2, 0.25) is 0 Å². The molecule has 1 aliphatic carbocycles. The fraction of sp³-hybridized carbons (Fsp3) is 0.400. The third-order valence-corrected chi connectivity index (χ3v) is 3.91. The lowest BCUT2D eigenvalue weighted by Gasteiger charge is -2.13. The Balaban J connectivity index is 2.04. The number of carbonyl (C=O) groups is 1. The first-order chi connectivity index (χ1) is 9.19. The molecular weight excluding hydrogens is 242 g/mol. The molecule has 0 bridgehead atoms. The van der Waals surface area contributed by atoms with Crippen molar-refractivity contribution in [1.82, 2.24) is 4.98 Å². The van der Waals surface area contributed by atoms with Gasteiger partial charge in [-0.1, -0.05) is 0 Å². The Labute approximate surface area is 111 Å². The van der Waals surface area contributed by atoms with Crippen molar-refractivity contribution in [2.24, 2.45) is 5.92 Å². The first-order valence-electron chi connectivity index (χ1n) is 6.56. The molecule has 100 valence electrons. The lowest BCUT2D eigenvalue weighted by atomic mass is 9.91. The van der Waals surface area contributed by atoms with Gasteiger partial charge in [-0.25, -0.2) is 0 Å². The molecule has 1 atom stereocenters. The van der Waals surface area contributed by atoms with Gasteiger partial charge in [0.15, 0.2) is 0 Å². The van der Waals surface area contributed by atoms with Crippen molar-refractivity contribution in [2.45, 2.75) is 25.2 Å². The summed E-state index contributed by atoms with van der Waals surface area (Å²) in [4.78, 5) is 14.3. The summed E-state index contributed by atoms with van der Waals surface area (Å²) in [5, 5.41) is 10.2. The number of aromatic amines is 1. The van der Waals surface area contributed by atoms with E-state index in [2.05, 4.69) is 4.98 Å². The van der Waals surface area contributed by atoms with Crippen molar-refractivity contribution in [3.63, 3.8) is 0 Å². The number of H-pyrrole nitrogens is 1. The highest BCUT2D eigenvalue weighted by Gasteiger charge is 2.35. The number of aromatic nitrogens is 1. The quantitative estimate of drug-likeness (QED) is 0.867. The van der Waals surface area contributed by atoms with Crippen LogP contribution in [0.15, 0.2) is 24.4 Å². The predicted octanol–water partition coefficient (Wildman–Crippen LogP) is 3.14. The Kier molecular flexibility index (Phi) is 2.93. The molecule has 0 radical (unpaired) electrons. The van der Waals surface area contributed by atoms with E-state index in [0.717, 1.165) is 35.1 Å². The summed E-state index contributed by atoms with van der Waals surface area (Å²) in [5.41, 5.74) is 2.14. The van der Waals surface area contributed by atoms with Crippen LogP contribution in [0.4, 0.5) is 0 Å². The highest BCUT2D eigenvalue weighted by molar-refractivity contribution is 5.86. The first kappa shape index (κ1) is 12.1. The zero-order chi connectivity index (χ0) is 13.4. The molecule has 0 saturated heterocycles. The van der Waals surface area contributed by atoms with Gasteiger partial charge in [-0.2, -0.15) is 0 Å². The number of methoxy groups -OCH3 is 1. The van der Waals surface area contributed by atoms with Gasteiger partial charge >= 0.3 is 5.97 Å². The minimum absolute atomic E-state index is 0.110. The van der Waals surface area contributed by atoms with E-state index in [1.165, 1.54) is 0 Å². The first-order valence-corrected chi connectivity index (χ1v) is 6.56. The number of ether oxygens (including phenoxy) is 1. The van der Waals surface area contributed by atoms with E-state index in [9.17, 15) is 4.79 Å². The second kappa shape index (κ2) is 4.61. The Hall–Kier alpha value is -1.97. The van der Waals surface area contributed by atoms with Crippen molar-refractivity contribution in [3.8, 4) is 5.75 Å². The smallest absolute Gasteiger partial charge is 0.303 e. The van der Waals surface area contributed by atoms with Crippen molar-refractivity contribution in [3.05, 3.63) is 30.0 Å². The molecule has 1 aromatic heterocycles. The number of carboxylic acid groups (broad SMARTS) is 1. The number of fused-ring (bicyclic) bond motifs is 1. The number of benzene rings is 1. The highest BCUT2D eigenvalue weighted by Crippen LogP contribution is 2.46. The molecule has 2 aromatic rings. The molecular formula is C15H17NO3. The maximum Gasteiger partial charge on any atom is 0.303 e. The topological polar surface area (TPSA) is 62.3 Å². The number of hydrogen-bond donors (Lipinski definition) is 2. The third-order valence-electron chi connectivity index (χ3n) is 3.91. The van der Waals surface area contributed by atoms with Gasteiger partial charge in [0.1, 0.15) is 5.75 Å². The average molecular weight is 259 g/mol. The SMILES string of the molecule is COc1ccc2[nH]cc(C(CC(=O)O)C3CC3)c2c1. The molecule has 0 amide bonds. The van der Waals surface area contributed by atoms with Crippen LogP contribution < -0.4 is 4.74 Å². The van der Waals surface area contributed by atoms with Gasteiger partial charge < -0.3 is 14.8 Å². The lowest BCUT2D eigenvalue weighted by molar-refractivity contribution is -0.137. The zero-order valence-corrected chi connectivity index (χ0v) is 10.8. The van der Waals surface area contributed by atoms with E-state index < -0.39 is 5.97 Å². The second-order valence-electron chi connectivity index (χ2n) is 5.20. The maximum absolute atomic E-state index is 11.1. The Bertz CT molecular complexity index is 613. The van der Waals surface area contributed by atoms with Crippen LogP contribution in [0, 0.1) is 5.92 Å². The number of aliphatic carboxylic acids is 1. The molecule has 1 unspecified atom stereocenters. The maximum atomic E-state index is 11.1. The molecule has 1 aliphatic rings. The van der Waals surface area contributed by atoms with Gasteiger partial charge in [0.25, 0.3) is 0 Å². The fourth-order valence-corrected chi connectivity index (χ4v) is 2.77. The number of nitrogens with one attached hydrogen (secondary N) is 1. The van der Waals surface area contributed by atoms with Crippen LogP contribution in [0.3, 0.4) is 0 Å². The van der Waals surface area contributed by atoms with Crippen LogP contribution in [-0.4, -0.2) is 23.2 Å². The summed E-state index contributed by atoms with van der Waals surface area (Å²) in [6.45, 7) is 0. The lowest BCUT2D eigenvalue weighted by Crippen LogP contribution is -2.07. The zero-order valence-electron chi connectivity index (χ0n) is 10.8. The van der Waals surface area contributed by atoms with Crippen molar-refractivity contribution in [1.29, 1.82) is 0 Å². The summed E-state index contributed by atoms with van der Waals surface area (Å²) in [7, 11) is 1.64. The fourth-order valence-electron chi connectivity index (χ4n) is 2.77. The second-order valence-corrected chi connectivity index (χ2v) is 5.20. The molecule has 0 aliphatic heterocycles. The van der Waals surface area contributed by atoms with E-state index in [1.54, 1.807) is 7.11 Å². The van der Waals surface area contributed by atoms with Gasteiger partial charge in [-0.05, 0) is 48.4 Å². The minimum atomic E-state index is -0.728. The van der Waals surface area contributed by atoms with Gasteiger partial charge in [0.2, 0.25) is 0 Å². The third kappa shape index (κ3) is 2.30. The standard InChI is InChI=1S/C15H17NO3/c1-19-10-4-5-14-12(6-10)13(8-16-14)11(7-15(17)18)9-2-3-9/h4-6,8-9,11,16H,2-3,7H2,1H3,(H,17,18). The van der Waals surface area contributed by atoms with E-state index >= 15 is 0 Å². The molecule has 19 heavy (non-hydrogen) atoms. The molecule has 1 heterocycles. The molecule has 1 aromatic carbocycles. The van der Waals surface area contributed by atoms with Gasteiger partial charge in [0.05, 0.1) is 13.5 Å². The molecule has 0 spiro atoms. The Morgan fingerprint density at radius 2 is 2.32 bits per heavy atom. The normalized spacial score (nSPS) is 16.5. The predicted molar refractivity (Wildman–Crippen MR) is 72.6 cm³/mol.